The van der Waals surface area contributed by atoms with Crippen LogP contribution in [-0.2, 0) is 28.7 Å². The highest BCUT2D eigenvalue weighted by molar-refractivity contribution is 7.90. The molecule has 1 N–H and O–H groups in total. The molecule has 0 bridgehead atoms. The lowest BCUT2D eigenvalue weighted by Crippen LogP contribution is -2.22. The summed E-state index contributed by atoms with van der Waals surface area (Å²) in [4.78, 5) is 12.6. The van der Waals surface area contributed by atoms with Crippen LogP contribution < -0.4 is 10.1 Å². The Balaban J connectivity index is 1.29. The maximum atomic E-state index is 12.5. The van der Waals surface area contributed by atoms with E-state index in [9.17, 15) is 13.2 Å². The molecule has 0 radical (unpaired) electrons. The molecule has 3 aromatic carbocycles. The summed E-state index contributed by atoms with van der Waals surface area (Å²) >= 11 is 0. The molecule has 33 heavy (non-hydrogen) atoms. The van der Waals surface area contributed by atoms with Crippen LogP contribution in [0, 0.1) is 0 Å². The molecule has 1 heterocycles. The van der Waals surface area contributed by atoms with E-state index in [1.54, 1.807) is 18.2 Å². The number of benzene rings is 3. The fourth-order valence-corrected chi connectivity index (χ4v) is 4.46. The van der Waals surface area contributed by atoms with E-state index >= 15 is 0 Å². The van der Waals surface area contributed by atoms with Crippen LogP contribution in [0.3, 0.4) is 0 Å². The van der Waals surface area contributed by atoms with Crippen molar-refractivity contribution in [2.45, 2.75) is 23.8 Å². The SMILES string of the molecule is O=C(NCc1ccc(OCc2ccccc2)cc1)c1ccc(CS(=O)(=O)c2ccccc2)o1. The Morgan fingerprint density at radius 2 is 1.45 bits per heavy atom. The predicted molar refractivity (Wildman–Crippen MR) is 124 cm³/mol. The minimum atomic E-state index is -3.55. The number of hydrogen-bond acceptors (Lipinski definition) is 5. The number of furan rings is 1. The topological polar surface area (TPSA) is 85.6 Å². The van der Waals surface area contributed by atoms with Gasteiger partial charge in [0.2, 0.25) is 0 Å². The van der Waals surface area contributed by atoms with E-state index in [-0.39, 0.29) is 22.2 Å². The maximum Gasteiger partial charge on any atom is 0.287 e. The van der Waals surface area contributed by atoms with Gasteiger partial charge in [0.15, 0.2) is 15.6 Å². The maximum absolute atomic E-state index is 12.5. The fourth-order valence-electron chi connectivity index (χ4n) is 3.19. The smallest absolute Gasteiger partial charge is 0.287 e. The van der Waals surface area contributed by atoms with Crippen LogP contribution in [0.5, 0.6) is 5.75 Å². The zero-order valence-electron chi connectivity index (χ0n) is 17.8. The molecule has 0 aliphatic carbocycles. The van der Waals surface area contributed by atoms with Gasteiger partial charge in [0.1, 0.15) is 23.9 Å². The molecular formula is C26H23NO5S. The second kappa shape index (κ2) is 10.2. The van der Waals surface area contributed by atoms with E-state index in [0.717, 1.165) is 16.9 Å². The molecule has 0 spiro atoms. The van der Waals surface area contributed by atoms with E-state index in [1.165, 1.54) is 24.3 Å². The molecule has 7 heteroatoms. The van der Waals surface area contributed by atoms with Crippen molar-refractivity contribution >= 4 is 15.7 Å². The average molecular weight is 462 g/mol. The molecule has 0 unspecified atom stereocenters. The first-order valence-electron chi connectivity index (χ1n) is 10.4. The number of rotatable bonds is 9. The average Bonchev–Trinajstić information content (AvgIpc) is 3.31. The number of carbonyl (C=O) groups is 1. The van der Waals surface area contributed by atoms with Gasteiger partial charge in [-0.1, -0.05) is 60.7 Å². The Morgan fingerprint density at radius 1 is 0.788 bits per heavy atom. The summed E-state index contributed by atoms with van der Waals surface area (Å²) in [5, 5.41) is 2.78. The molecule has 0 saturated heterocycles. The normalized spacial score (nSPS) is 11.2. The first kappa shape index (κ1) is 22.4. The summed E-state index contributed by atoms with van der Waals surface area (Å²) in [5.74, 6) is 0.293. The number of hydrogen-bond donors (Lipinski definition) is 1. The van der Waals surface area contributed by atoms with Gasteiger partial charge in [-0.25, -0.2) is 8.42 Å². The third-order valence-corrected chi connectivity index (χ3v) is 6.60. The predicted octanol–water partition coefficient (Wildman–Crippen LogP) is 4.76. The standard InChI is InChI=1S/C26H23NO5S/c28-26(25-16-15-23(32-25)19-33(29,30)24-9-5-2-6-10-24)27-17-20-11-13-22(14-12-20)31-18-21-7-3-1-4-8-21/h1-16H,17-19H2,(H,27,28). The van der Waals surface area contributed by atoms with Crippen molar-refractivity contribution in [3.8, 4) is 5.75 Å². The van der Waals surface area contributed by atoms with Crippen molar-refractivity contribution in [3.05, 3.63) is 120 Å². The molecule has 0 saturated carbocycles. The molecule has 0 aliphatic heterocycles. The van der Waals surface area contributed by atoms with Crippen molar-refractivity contribution in [1.82, 2.24) is 5.32 Å². The van der Waals surface area contributed by atoms with Crippen LogP contribution in [0.2, 0.25) is 0 Å². The zero-order chi connectivity index (χ0) is 23.1. The van der Waals surface area contributed by atoms with Gasteiger partial charge in [-0.3, -0.25) is 4.79 Å². The minimum Gasteiger partial charge on any atom is -0.489 e. The molecule has 6 nitrogen and oxygen atoms in total. The van der Waals surface area contributed by atoms with E-state index in [2.05, 4.69) is 5.32 Å². The lowest BCUT2D eigenvalue weighted by Gasteiger charge is -2.08. The van der Waals surface area contributed by atoms with Crippen LogP contribution in [-0.4, -0.2) is 14.3 Å². The lowest BCUT2D eigenvalue weighted by molar-refractivity contribution is 0.0921. The molecule has 4 rings (SSSR count). The fraction of sp³-hybridized carbons (Fsp3) is 0.115. The van der Waals surface area contributed by atoms with Crippen molar-refractivity contribution in [1.29, 1.82) is 0 Å². The largest absolute Gasteiger partial charge is 0.489 e. The highest BCUT2D eigenvalue weighted by atomic mass is 32.2. The van der Waals surface area contributed by atoms with E-state index < -0.39 is 15.7 Å². The molecule has 0 atom stereocenters. The Labute approximate surface area is 192 Å². The Kier molecular flexibility index (Phi) is 6.90. The van der Waals surface area contributed by atoms with Gasteiger partial charge in [-0.2, -0.15) is 0 Å². The summed E-state index contributed by atoms with van der Waals surface area (Å²) in [6, 6.07) is 28.5. The monoisotopic (exact) mass is 461 g/mol. The van der Waals surface area contributed by atoms with E-state index in [4.69, 9.17) is 9.15 Å². The third kappa shape index (κ3) is 6.11. The van der Waals surface area contributed by atoms with Gasteiger partial charge in [0.25, 0.3) is 5.91 Å². The molecule has 4 aromatic rings. The number of amides is 1. The molecule has 1 amide bonds. The van der Waals surface area contributed by atoms with Crippen LogP contribution in [0.25, 0.3) is 0 Å². The van der Waals surface area contributed by atoms with Crippen LogP contribution in [0.1, 0.15) is 27.4 Å². The van der Waals surface area contributed by atoms with Crippen molar-refractivity contribution in [2.24, 2.45) is 0 Å². The highest BCUT2D eigenvalue weighted by Crippen LogP contribution is 2.18. The Morgan fingerprint density at radius 3 is 2.15 bits per heavy atom. The van der Waals surface area contributed by atoms with Crippen molar-refractivity contribution < 1.29 is 22.4 Å². The van der Waals surface area contributed by atoms with Crippen LogP contribution >= 0.6 is 0 Å². The zero-order valence-corrected chi connectivity index (χ0v) is 18.6. The quantitative estimate of drug-likeness (QED) is 0.388. The molecule has 0 aliphatic rings. The number of nitrogens with one attached hydrogen (secondary N) is 1. The number of sulfone groups is 1. The molecular weight excluding hydrogens is 438 g/mol. The van der Waals surface area contributed by atoms with Crippen LogP contribution in [0.15, 0.2) is 106 Å². The summed E-state index contributed by atoms with van der Waals surface area (Å²) in [6.45, 7) is 0.786. The first-order chi connectivity index (χ1) is 16.0. The molecule has 168 valence electrons. The lowest BCUT2D eigenvalue weighted by atomic mass is 10.2. The van der Waals surface area contributed by atoms with Gasteiger partial charge in [0, 0.05) is 6.54 Å². The summed E-state index contributed by atoms with van der Waals surface area (Å²) in [6.07, 6.45) is 0. The molecule has 1 aromatic heterocycles. The third-order valence-electron chi connectivity index (χ3n) is 4.94. The van der Waals surface area contributed by atoms with Crippen LogP contribution in [0.4, 0.5) is 0 Å². The van der Waals surface area contributed by atoms with Crippen molar-refractivity contribution in [2.75, 3.05) is 0 Å². The van der Waals surface area contributed by atoms with Crippen molar-refractivity contribution in [3.63, 3.8) is 0 Å². The van der Waals surface area contributed by atoms with Gasteiger partial charge in [-0.05, 0) is 47.5 Å². The van der Waals surface area contributed by atoms with Gasteiger partial charge in [-0.15, -0.1) is 0 Å². The minimum absolute atomic E-state index is 0.0658. The Hall–Kier alpha value is -3.84. The highest BCUT2D eigenvalue weighted by Gasteiger charge is 2.19. The summed E-state index contributed by atoms with van der Waals surface area (Å²) in [5.41, 5.74) is 1.98. The van der Waals surface area contributed by atoms with Gasteiger partial charge in [0.05, 0.1) is 4.90 Å². The summed E-state index contributed by atoms with van der Waals surface area (Å²) < 4.78 is 36.2. The second-order valence-corrected chi connectivity index (χ2v) is 9.43. The van der Waals surface area contributed by atoms with Gasteiger partial charge >= 0.3 is 0 Å². The number of carbonyl (C=O) groups excluding carboxylic acids is 1. The van der Waals surface area contributed by atoms with E-state index in [0.29, 0.717) is 13.2 Å². The second-order valence-electron chi connectivity index (χ2n) is 7.44. The number of ether oxygens (including phenoxy) is 1. The van der Waals surface area contributed by atoms with E-state index in [1.807, 2.05) is 54.6 Å². The van der Waals surface area contributed by atoms with Gasteiger partial charge < -0.3 is 14.5 Å². The summed E-state index contributed by atoms with van der Waals surface area (Å²) in [7, 11) is -3.55. The first-order valence-corrected chi connectivity index (χ1v) is 12.1. The Bertz CT molecular complexity index is 1300. The molecule has 0 fully saturated rings.